The van der Waals surface area contributed by atoms with Crippen LogP contribution >= 0.6 is 0 Å². The van der Waals surface area contributed by atoms with Gasteiger partial charge in [0.1, 0.15) is 0 Å². The maximum atomic E-state index is 13.2. The van der Waals surface area contributed by atoms with Gasteiger partial charge < -0.3 is 0 Å². The Morgan fingerprint density at radius 2 is 1.94 bits per heavy atom. The third-order valence-corrected chi connectivity index (χ3v) is 2.51. The third kappa shape index (κ3) is 3.40. The number of ketones is 1. The Balaban J connectivity index is 2.56. The lowest BCUT2D eigenvalue weighted by Gasteiger charge is -2.03. The van der Waals surface area contributed by atoms with Crippen LogP contribution in [0.4, 0.5) is 8.78 Å². The average Bonchev–Trinajstić information content (AvgIpc) is 2.28. The molecule has 3 heteroatoms. The molecule has 0 radical (unpaired) electrons. The summed E-state index contributed by atoms with van der Waals surface area (Å²) in [5.41, 5.74) is -0.128. The van der Waals surface area contributed by atoms with E-state index in [9.17, 15) is 13.6 Å². The molecule has 1 rings (SSSR count). The Labute approximate surface area is 94.5 Å². The Hall–Kier alpha value is -1.25. The van der Waals surface area contributed by atoms with E-state index in [2.05, 4.69) is 6.92 Å². The number of hydrogen-bond acceptors (Lipinski definition) is 1. The van der Waals surface area contributed by atoms with Gasteiger partial charge >= 0.3 is 0 Å². The maximum absolute atomic E-state index is 13.2. The molecule has 88 valence electrons. The molecule has 1 nitrogen and oxygen atoms in total. The molecular weight excluding hydrogens is 210 g/mol. The minimum Gasteiger partial charge on any atom is -0.294 e. The molecule has 0 saturated carbocycles. The largest absolute Gasteiger partial charge is 0.294 e. The molecular formula is C13H16F2O. The highest BCUT2D eigenvalue weighted by molar-refractivity contribution is 5.96. The molecule has 0 fully saturated rings. The molecule has 1 aromatic carbocycles. The van der Waals surface area contributed by atoms with Crippen molar-refractivity contribution in [3.63, 3.8) is 0 Å². The fourth-order valence-corrected chi connectivity index (χ4v) is 1.57. The van der Waals surface area contributed by atoms with E-state index in [1.807, 2.05) is 0 Å². The van der Waals surface area contributed by atoms with Crippen LogP contribution in [0.3, 0.4) is 0 Å². The lowest BCUT2D eigenvalue weighted by Crippen LogP contribution is -2.04. The van der Waals surface area contributed by atoms with Crippen LogP contribution in [0.25, 0.3) is 0 Å². The second-order valence-corrected chi connectivity index (χ2v) is 3.84. The van der Waals surface area contributed by atoms with Gasteiger partial charge in [0.05, 0.1) is 5.56 Å². The van der Waals surface area contributed by atoms with Crippen molar-refractivity contribution < 1.29 is 13.6 Å². The van der Waals surface area contributed by atoms with E-state index in [0.717, 1.165) is 31.7 Å². The monoisotopic (exact) mass is 226 g/mol. The summed E-state index contributed by atoms with van der Waals surface area (Å²) in [6, 6.07) is 3.71. The summed E-state index contributed by atoms with van der Waals surface area (Å²) in [7, 11) is 0. The molecule has 0 heterocycles. The van der Waals surface area contributed by atoms with Gasteiger partial charge in [-0.3, -0.25) is 4.79 Å². The summed E-state index contributed by atoms with van der Waals surface area (Å²) in [6.07, 6.45) is 4.14. The molecule has 0 aromatic heterocycles. The highest BCUT2D eigenvalue weighted by atomic mass is 19.2. The number of unbranched alkanes of at least 4 members (excludes halogenated alkanes) is 3. The van der Waals surface area contributed by atoms with Crippen molar-refractivity contribution in [2.75, 3.05) is 0 Å². The van der Waals surface area contributed by atoms with Gasteiger partial charge in [0.25, 0.3) is 0 Å². The molecule has 0 bridgehead atoms. The fourth-order valence-electron chi connectivity index (χ4n) is 1.57. The standard InChI is InChI=1S/C13H16F2O/c1-2-3-4-5-9-12(16)10-7-6-8-11(14)13(10)15/h6-8H,2-5,9H2,1H3. The second kappa shape index (κ2) is 6.36. The minimum atomic E-state index is -1.03. The molecule has 0 aliphatic carbocycles. The highest BCUT2D eigenvalue weighted by Crippen LogP contribution is 2.15. The zero-order chi connectivity index (χ0) is 12.0. The first-order valence-corrected chi connectivity index (χ1v) is 5.64. The van der Waals surface area contributed by atoms with Gasteiger partial charge in [0, 0.05) is 6.42 Å². The van der Waals surface area contributed by atoms with Crippen molar-refractivity contribution >= 4 is 5.78 Å². The first-order valence-electron chi connectivity index (χ1n) is 5.64. The predicted octanol–water partition coefficient (Wildman–Crippen LogP) is 4.12. The first kappa shape index (κ1) is 12.8. The summed E-state index contributed by atoms with van der Waals surface area (Å²) < 4.78 is 26.1. The van der Waals surface area contributed by atoms with Crippen LogP contribution in [0.1, 0.15) is 49.4 Å². The number of carbonyl (C=O) groups is 1. The van der Waals surface area contributed by atoms with Crippen molar-refractivity contribution in [3.05, 3.63) is 35.4 Å². The lowest BCUT2D eigenvalue weighted by atomic mass is 10.0. The van der Waals surface area contributed by atoms with Crippen LogP contribution < -0.4 is 0 Å². The molecule has 1 aromatic rings. The predicted molar refractivity (Wildman–Crippen MR) is 59.4 cm³/mol. The van der Waals surface area contributed by atoms with E-state index in [4.69, 9.17) is 0 Å². The van der Waals surface area contributed by atoms with Crippen molar-refractivity contribution in [1.82, 2.24) is 0 Å². The summed E-state index contributed by atoms with van der Waals surface area (Å²) >= 11 is 0. The van der Waals surface area contributed by atoms with E-state index in [-0.39, 0.29) is 11.3 Å². The van der Waals surface area contributed by atoms with Gasteiger partial charge in [0.2, 0.25) is 0 Å². The van der Waals surface area contributed by atoms with Gasteiger partial charge in [-0.2, -0.15) is 0 Å². The third-order valence-electron chi connectivity index (χ3n) is 2.51. The van der Waals surface area contributed by atoms with Gasteiger partial charge in [-0.15, -0.1) is 0 Å². The molecule has 0 N–H and O–H groups in total. The molecule has 0 saturated heterocycles. The fraction of sp³-hybridized carbons (Fsp3) is 0.462. The zero-order valence-corrected chi connectivity index (χ0v) is 9.43. The topological polar surface area (TPSA) is 17.1 Å². The molecule has 0 aliphatic rings. The van der Waals surface area contributed by atoms with Crippen molar-refractivity contribution in [2.24, 2.45) is 0 Å². The van der Waals surface area contributed by atoms with E-state index in [0.29, 0.717) is 6.42 Å². The number of rotatable bonds is 6. The molecule has 0 spiro atoms. The van der Waals surface area contributed by atoms with Gasteiger partial charge in [-0.25, -0.2) is 8.78 Å². The summed E-state index contributed by atoms with van der Waals surface area (Å²) in [6.45, 7) is 2.08. The molecule has 0 aliphatic heterocycles. The number of benzene rings is 1. The quantitative estimate of drug-likeness (QED) is 0.526. The minimum absolute atomic E-state index is 0.128. The number of Topliss-reactive ketones (excluding diaryl/α,β-unsaturated/α-hetero) is 1. The van der Waals surface area contributed by atoms with Gasteiger partial charge in [0.15, 0.2) is 17.4 Å². The Kier molecular flexibility index (Phi) is 5.09. The SMILES string of the molecule is CCCCCCC(=O)c1cccc(F)c1F. The Bertz CT molecular complexity index is 361. The van der Waals surface area contributed by atoms with E-state index in [1.165, 1.54) is 12.1 Å². The number of halogens is 2. The number of carbonyl (C=O) groups excluding carboxylic acids is 1. The van der Waals surface area contributed by atoms with Gasteiger partial charge in [-0.1, -0.05) is 32.3 Å². The van der Waals surface area contributed by atoms with Crippen molar-refractivity contribution in [3.8, 4) is 0 Å². The smallest absolute Gasteiger partial charge is 0.169 e. The van der Waals surface area contributed by atoms with Crippen molar-refractivity contribution in [1.29, 1.82) is 0 Å². The van der Waals surface area contributed by atoms with Crippen LogP contribution in [0, 0.1) is 11.6 Å². The maximum Gasteiger partial charge on any atom is 0.169 e. The lowest BCUT2D eigenvalue weighted by molar-refractivity contribution is 0.0974. The van der Waals surface area contributed by atoms with Crippen LogP contribution in [-0.2, 0) is 0 Å². The first-order chi connectivity index (χ1) is 7.66. The van der Waals surface area contributed by atoms with E-state index < -0.39 is 11.6 Å². The summed E-state index contributed by atoms with van der Waals surface area (Å²) in [4.78, 5) is 11.6. The van der Waals surface area contributed by atoms with E-state index >= 15 is 0 Å². The Morgan fingerprint density at radius 1 is 1.19 bits per heavy atom. The van der Waals surface area contributed by atoms with Crippen LogP contribution in [0.15, 0.2) is 18.2 Å². The normalized spacial score (nSPS) is 10.4. The van der Waals surface area contributed by atoms with Crippen LogP contribution in [0.5, 0.6) is 0 Å². The molecule has 0 amide bonds. The molecule has 16 heavy (non-hydrogen) atoms. The average molecular weight is 226 g/mol. The van der Waals surface area contributed by atoms with Crippen molar-refractivity contribution in [2.45, 2.75) is 39.0 Å². The molecule has 0 unspecified atom stereocenters. The van der Waals surface area contributed by atoms with Crippen LogP contribution in [0.2, 0.25) is 0 Å². The van der Waals surface area contributed by atoms with Crippen LogP contribution in [-0.4, -0.2) is 5.78 Å². The zero-order valence-electron chi connectivity index (χ0n) is 9.43. The Morgan fingerprint density at radius 3 is 2.62 bits per heavy atom. The molecule has 0 atom stereocenters. The summed E-state index contributed by atoms with van der Waals surface area (Å²) in [5.74, 6) is -2.30. The second-order valence-electron chi connectivity index (χ2n) is 3.84. The highest BCUT2D eigenvalue weighted by Gasteiger charge is 2.14. The summed E-state index contributed by atoms with van der Waals surface area (Å²) in [5, 5.41) is 0. The number of hydrogen-bond donors (Lipinski definition) is 0. The van der Waals surface area contributed by atoms with E-state index in [1.54, 1.807) is 0 Å². The van der Waals surface area contributed by atoms with Gasteiger partial charge in [-0.05, 0) is 18.6 Å².